The van der Waals surface area contributed by atoms with Crippen LogP contribution in [0.25, 0.3) is 0 Å². The maximum Gasteiger partial charge on any atom is 0.414 e. The van der Waals surface area contributed by atoms with Gasteiger partial charge in [-0.25, -0.2) is 9.18 Å². The summed E-state index contributed by atoms with van der Waals surface area (Å²) in [7, 11) is 0. The number of terminal acetylenes is 1. The Morgan fingerprint density at radius 1 is 1.64 bits per heavy atom. The number of hydrogen-bond acceptors (Lipinski definition) is 4. The van der Waals surface area contributed by atoms with Crippen LogP contribution in [-0.4, -0.2) is 37.8 Å². The maximum absolute atomic E-state index is 13.9. The first-order valence-electron chi connectivity index (χ1n) is 6.59. The SMILES string of the molecule is C#CCOc1ccc(N2C[C@H](CNC(C)=O)OC2=O)cc1F. The van der Waals surface area contributed by atoms with E-state index in [0.717, 1.165) is 0 Å². The second-order valence-electron chi connectivity index (χ2n) is 4.66. The van der Waals surface area contributed by atoms with E-state index in [0.29, 0.717) is 5.69 Å². The number of carbonyl (C=O) groups excluding carboxylic acids is 2. The van der Waals surface area contributed by atoms with Crippen molar-refractivity contribution in [2.45, 2.75) is 13.0 Å². The molecule has 2 amide bonds. The number of ether oxygens (including phenoxy) is 2. The molecule has 1 aromatic rings. The number of benzene rings is 1. The molecule has 0 aromatic heterocycles. The van der Waals surface area contributed by atoms with Crippen LogP contribution >= 0.6 is 0 Å². The topological polar surface area (TPSA) is 67.9 Å². The second kappa shape index (κ2) is 6.80. The second-order valence-corrected chi connectivity index (χ2v) is 4.66. The number of cyclic esters (lactones) is 1. The molecule has 1 saturated heterocycles. The molecule has 1 heterocycles. The zero-order chi connectivity index (χ0) is 16.1. The Kier molecular flexibility index (Phi) is 4.84. The van der Waals surface area contributed by atoms with E-state index in [2.05, 4.69) is 11.2 Å². The quantitative estimate of drug-likeness (QED) is 0.833. The highest BCUT2D eigenvalue weighted by Gasteiger charge is 2.32. The zero-order valence-corrected chi connectivity index (χ0v) is 12.0. The lowest BCUT2D eigenvalue weighted by Crippen LogP contribution is -2.33. The van der Waals surface area contributed by atoms with E-state index in [-0.39, 0.29) is 31.4 Å². The predicted molar refractivity (Wildman–Crippen MR) is 77.0 cm³/mol. The van der Waals surface area contributed by atoms with Crippen molar-refractivity contribution in [1.29, 1.82) is 0 Å². The van der Waals surface area contributed by atoms with Gasteiger partial charge in [-0.05, 0) is 12.1 Å². The number of carbonyl (C=O) groups is 2. The van der Waals surface area contributed by atoms with E-state index in [4.69, 9.17) is 15.9 Å². The molecular weight excluding hydrogens is 291 g/mol. The molecule has 1 aliphatic heterocycles. The van der Waals surface area contributed by atoms with Crippen LogP contribution < -0.4 is 15.0 Å². The Morgan fingerprint density at radius 3 is 3.05 bits per heavy atom. The van der Waals surface area contributed by atoms with Gasteiger partial charge in [-0.1, -0.05) is 5.92 Å². The summed E-state index contributed by atoms with van der Waals surface area (Å²) in [6.07, 6.45) is 3.98. The van der Waals surface area contributed by atoms with E-state index < -0.39 is 18.0 Å². The molecule has 1 fully saturated rings. The van der Waals surface area contributed by atoms with Gasteiger partial charge in [-0.15, -0.1) is 6.42 Å². The van der Waals surface area contributed by atoms with Crippen molar-refractivity contribution >= 4 is 17.7 Å². The zero-order valence-electron chi connectivity index (χ0n) is 12.0. The minimum absolute atomic E-state index is 0.0176. The Labute approximate surface area is 127 Å². The Hall–Kier alpha value is -2.75. The molecule has 0 aliphatic carbocycles. The van der Waals surface area contributed by atoms with Crippen LogP contribution in [0.5, 0.6) is 5.75 Å². The largest absolute Gasteiger partial charge is 0.478 e. The maximum atomic E-state index is 13.9. The highest BCUT2D eigenvalue weighted by molar-refractivity contribution is 5.89. The average Bonchev–Trinajstić information content (AvgIpc) is 2.85. The molecule has 0 saturated carbocycles. The van der Waals surface area contributed by atoms with Gasteiger partial charge in [0.15, 0.2) is 11.6 Å². The van der Waals surface area contributed by atoms with Gasteiger partial charge in [0, 0.05) is 13.0 Å². The van der Waals surface area contributed by atoms with Crippen LogP contribution in [0, 0.1) is 18.2 Å². The van der Waals surface area contributed by atoms with E-state index in [9.17, 15) is 14.0 Å². The van der Waals surface area contributed by atoms with Crippen LogP contribution in [0.2, 0.25) is 0 Å². The summed E-state index contributed by atoms with van der Waals surface area (Å²) in [5.41, 5.74) is 0.348. The van der Waals surface area contributed by atoms with Gasteiger partial charge in [0.05, 0.1) is 18.8 Å². The van der Waals surface area contributed by atoms with E-state index in [1.165, 1.54) is 30.0 Å². The van der Waals surface area contributed by atoms with E-state index in [1.807, 2.05) is 0 Å². The highest BCUT2D eigenvalue weighted by Crippen LogP contribution is 2.27. The Balaban J connectivity index is 2.05. The molecular formula is C15H15FN2O4. The van der Waals surface area contributed by atoms with Crippen molar-refractivity contribution in [2.75, 3.05) is 24.6 Å². The van der Waals surface area contributed by atoms with Crippen LogP contribution in [0.1, 0.15) is 6.92 Å². The third-order valence-electron chi connectivity index (χ3n) is 2.99. The standard InChI is InChI=1S/C15H15FN2O4/c1-3-6-21-14-5-4-11(7-13(14)16)18-9-12(22-15(18)20)8-17-10(2)19/h1,4-5,7,12H,6,8-9H2,2H3,(H,17,19)/t12-/m0/s1. The first-order valence-corrected chi connectivity index (χ1v) is 6.59. The van der Waals surface area contributed by atoms with Gasteiger partial charge >= 0.3 is 6.09 Å². The number of hydrogen-bond donors (Lipinski definition) is 1. The van der Waals surface area contributed by atoms with Crippen molar-refractivity contribution in [3.8, 4) is 18.1 Å². The number of anilines is 1. The van der Waals surface area contributed by atoms with Crippen molar-refractivity contribution in [3.05, 3.63) is 24.0 Å². The molecule has 0 spiro atoms. The van der Waals surface area contributed by atoms with Gasteiger partial charge in [0.25, 0.3) is 0 Å². The molecule has 0 bridgehead atoms. The van der Waals surface area contributed by atoms with Crippen LogP contribution in [0.15, 0.2) is 18.2 Å². The third-order valence-corrected chi connectivity index (χ3v) is 2.99. The number of halogens is 1. The fraction of sp³-hybridized carbons (Fsp3) is 0.333. The summed E-state index contributed by atoms with van der Waals surface area (Å²) in [5.74, 6) is 1.43. The van der Waals surface area contributed by atoms with Crippen molar-refractivity contribution in [1.82, 2.24) is 5.32 Å². The van der Waals surface area contributed by atoms with Gasteiger partial charge in [0.2, 0.25) is 5.91 Å². The van der Waals surface area contributed by atoms with Crippen LogP contribution in [0.3, 0.4) is 0 Å². The summed E-state index contributed by atoms with van der Waals surface area (Å²) >= 11 is 0. The fourth-order valence-electron chi connectivity index (χ4n) is 1.99. The molecule has 2 rings (SSSR count). The smallest absolute Gasteiger partial charge is 0.414 e. The van der Waals surface area contributed by atoms with Gasteiger partial charge in [-0.2, -0.15) is 0 Å². The van der Waals surface area contributed by atoms with Gasteiger partial charge < -0.3 is 14.8 Å². The van der Waals surface area contributed by atoms with E-state index >= 15 is 0 Å². The van der Waals surface area contributed by atoms with Crippen molar-refractivity contribution < 1.29 is 23.5 Å². The Bertz CT molecular complexity index is 626. The molecule has 0 radical (unpaired) electrons. The van der Waals surface area contributed by atoms with E-state index in [1.54, 1.807) is 0 Å². The monoisotopic (exact) mass is 306 g/mol. The summed E-state index contributed by atoms with van der Waals surface area (Å²) in [6, 6.07) is 4.11. The fourth-order valence-corrected chi connectivity index (χ4v) is 1.99. The predicted octanol–water partition coefficient (Wildman–Crippen LogP) is 1.30. The van der Waals surface area contributed by atoms with Gasteiger partial charge in [-0.3, -0.25) is 9.69 Å². The lowest BCUT2D eigenvalue weighted by Gasteiger charge is -2.14. The molecule has 1 aromatic carbocycles. The third kappa shape index (κ3) is 3.67. The molecule has 7 heteroatoms. The van der Waals surface area contributed by atoms with Crippen molar-refractivity contribution in [3.63, 3.8) is 0 Å². The van der Waals surface area contributed by atoms with Gasteiger partial charge in [0.1, 0.15) is 12.7 Å². The summed E-state index contributed by atoms with van der Waals surface area (Å²) < 4.78 is 24.0. The number of amides is 2. The molecule has 22 heavy (non-hydrogen) atoms. The Morgan fingerprint density at radius 2 is 2.41 bits per heavy atom. The summed E-state index contributed by atoms with van der Waals surface area (Å²) in [6.45, 7) is 1.77. The number of nitrogens with one attached hydrogen (secondary N) is 1. The van der Waals surface area contributed by atoms with Crippen LogP contribution in [-0.2, 0) is 9.53 Å². The highest BCUT2D eigenvalue weighted by atomic mass is 19.1. The summed E-state index contributed by atoms with van der Waals surface area (Å²) in [4.78, 5) is 24.0. The minimum atomic E-state index is -0.620. The molecule has 0 unspecified atom stereocenters. The molecule has 1 aliphatic rings. The first-order chi connectivity index (χ1) is 10.5. The lowest BCUT2D eigenvalue weighted by molar-refractivity contribution is -0.119. The molecule has 1 atom stereocenters. The molecule has 6 nitrogen and oxygen atoms in total. The number of rotatable bonds is 5. The normalized spacial score (nSPS) is 16.9. The van der Waals surface area contributed by atoms with Crippen molar-refractivity contribution in [2.24, 2.45) is 0 Å². The first kappa shape index (κ1) is 15.6. The molecule has 116 valence electrons. The van der Waals surface area contributed by atoms with Crippen LogP contribution in [0.4, 0.5) is 14.9 Å². The molecule has 1 N–H and O–H groups in total. The summed E-state index contributed by atoms with van der Waals surface area (Å²) in [5, 5.41) is 2.57. The number of nitrogens with zero attached hydrogens (tertiary/aromatic N) is 1. The minimum Gasteiger partial charge on any atom is -0.478 e. The average molecular weight is 306 g/mol. The lowest BCUT2D eigenvalue weighted by atomic mass is 10.2.